The molecule has 4 N–H and O–H groups in total. The summed E-state index contributed by atoms with van der Waals surface area (Å²) >= 11 is 0. The molecule has 0 saturated carbocycles. The Kier molecular flexibility index (Phi) is 7.69. The number of benzene rings is 3. The molecule has 0 saturated heterocycles. The molecule has 0 aliphatic heterocycles. The van der Waals surface area contributed by atoms with Crippen LogP contribution in [0.1, 0.15) is 10.4 Å². The van der Waals surface area contributed by atoms with E-state index in [1.807, 2.05) is 74.8 Å². The second-order valence-electron chi connectivity index (χ2n) is 11.4. The summed E-state index contributed by atoms with van der Waals surface area (Å²) < 4.78 is 14.7. The maximum atomic E-state index is 14.7. The van der Waals surface area contributed by atoms with Gasteiger partial charge in [-0.05, 0) is 91.4 Å². The summed E-state index contributed by atoms with van der Waals surface area (Å²) in [4.78, 5) is 27.1. The number of anilines is 2. The first-order chi connectivity index (χ1) is 22.4. The van der Waals surface area contributed by atoms with Crippen LogP contribution in [0.15, 0.2) is 104 Å². The molecule has 228 valence electrons. The smallest absolute Gasteiger partial charge is 0.255 e. The van der Waals surface area contributed by atoms with E-state index in [0.29, 0.717) is 23.4 Å². The zero-order chi connectivity index (χ0) is 31.6. The lowest BCUT2D eigenvalue weighted by molar-refractivity contribution is 0.102. The fraction of sp³-hybridized carbons (Fsp3) is 0.111. The fourth-order valence-electron chi connectivity index (χ4n) is 5.54. The van der Waals surface area contributed by atoms with Crippen molar-refractivity contribution in [3.63, 3.8) is 0 Å². The summed E-state index contributed by atoms with van der Waals surface area (Å²) in [5.41, 5.74) is 8.33. The van der Waals surface area contributed by atoms with Crippen molar-refractivity contribution in [3.05, 3.63) is 115 Å². The van der Waals surface area contributed by atoms with Gasteiger partial charge in [-0.2, -0.15) is 5.10 Å². The van der Waals surface area contributed by atoms with E-state index >= 15 is 0 Å². The number of carbonyl (C=O) groups is 1. The van der Waals surface area contributed by atoms with Gasteiger partial charge in [0.1, 0.15) is 17.2 Å². The third-order valence-electron chi connectivity index (χ3n) is 7.81. The quantitative estimate of drug-likeness (QED) is 0.137. The van der Waals surface area contributed by atoms with Crippen molar-refractivity contribution in [2.24, 2.45) is 0 Å². The molecule has 9 nitrogen and oxygen atoms in total. The molecule has 0 aliphatic rings. The molecule has 7 aromatic rings. The van der Waals surface area contributed by atoms with Crippen molar-refractivity contribution in [3.8, 4) is 33.6 Å². The first-order valence-electron chi connectivity index (χ1n) is 14.9. The largest absolute Gasteiger partial charge is 0.384 e. The average molecular weight is 611 g/mol. The molecule has 7 rings (SSSR count). The molecule has 4 aromatic heterocycles. The van der Waals surface area contributed by atoms with E-state index in [4.69, 9.17) is 0 Å². The number of hydrogen-bond donors (Lipinski definition) is 4. The number of amides is 1. The van der Waals surface area contributed by atoms with Crippen molar-refractivity contribution >= 4 is 39.2 Å². The van der Waals surface area contributed by atoms with Gasteiger partial charge >= 0.3 is 0 Å². The Morgan fingerprint density at radius 2 is 1.72 bits per heavy atom. The van der Waals surface area contributed by atoms with Crippen LogP contribution in [0.25, 0.3) is 55.6 Å². The number of likely N-dealkylation sites (N-methyl/N-ethyl adjacent to an activating group) is 1. The molecule has 0 bridgehead atoms. The first-order valence-corrected chi connectivity index (χ1v) is 14.9. The molecule has 0 aliphatic carbocycles. The molecule has 1 amide bonds. The van der Waals surface area contributed by atoms with Crippen molar-refractivity contribution < 1.29 is 9.18 Å². The summed E-state index contributed by atoms with van der Waals surface area (Å²) in [6.45, 7) is 1.53. The molecule has 0 atom stereocenters. The highest BCUT2D eigenvalue weighted by atomic mass is 19.1. The highest BCUT2D eigenvalue weighted by Gasteiger charge is 2.16. The van der Waals surface area contributed by atoms with Gasteiger partial charge in [0, 0.05) is 53.1 Å². The highest BCUT2D eigenvalue weighted by Crippen LogP contribution is 2.35. The molecule has 10 heteroatoms. The van der Waals surface area contributed by atoms with Gasteiger partial charge < -0.3 is 20.5 Å². The van der Waals surface area contributed by atoms with Crippen LogP contribution in [-0.4, -0.2) is 63.1 Å². The minimum absolute atomic E-state index is 0.200. The fourth-order valence-corrected chi connectivity index (χ4v) is 5.54. The zero-order valence-electron chi connectivity index (χ0n) is 25.3. The maximum absolute atomic E-state index is 14.7. The highest BCUT2D eigenvalue weighted by molar-refractivity contribution is 6.05. The first kappa shape index (κ1) is 28.9. The number of halogens is 1. The molecular weight excluding hydrogens is 579 g/mol. The second-order valence-corrected chi connectivity index (χ2v) is 11.4. The zero-order valence-corrected chi connectivity index (χ0v) is 25.3. The minimum atomic E-state index is -0.311. The van der Waals surface area contributed by atoms with E-state index in [9.17, 15) is 9.18 Å². The number of H-pyrrole nitrogens is 2. The average Bonchev–Trinajstić information content (AvgIpc) is 3.69. The van der Waals surface area contributed by atoms with Crippen LogP contribution in [0.5, 0.6) is 0 Å². The Balaban J connectivity index is 1.21. The van der Waals surface area contributed by atoms with Crippen LogP contribution in [0.4, 0.5) is 15.8 Å². The van der Waals surface area contributed by atoms with Gasteiger partial charge in [0.25, 0.3) is 5.91 Å². The van der Waals surface area contributed by atoms with E-state index in [-0.39, 0.29) is 11.7 Å². The number of carbonyl (C=O) groups excluding carboxylic acids is 1. The summed E-state index contributed by atoms with van der Waals surface area (Å²) in [6, 6.07) is 25.9. The monoisotopic (exact) mass is 610 g/mol. The Labute approximate surface area is 264 Å². The van der Waals surface area contributed by atoms with Crippen LogP contribution in [0.3, 0.4) is 0 Å². The molecule has 4 heterocycles. The summed E-state index contributed by atoms with van der Waals surface area (Å²) in [6.07, 6.45) is 5.11. The van der Waals surface area contributed by atoms with Crippen LogP contribution in [0, 0.1) is 5.82 Å². The van der Waals surface area contributed by atoms with Gasteiger partial charge in [0.2, 0.25) is 0 Å². The molecule has 46 heavy (non-hydrogen) atoms. The van der Waals surface area contributed by atoms with Gasteiger partial charge in [-0.15, -0.1) is 0 Å². The Bertz CT molecular complexity index is 2190. The van der Waals surface area contributed by atoms with Crippen molar-refractivity contribution in [1.29, 1.82) is 0 Å². The van der Waals surface area contributed by atoms with Gasteiger partial charge in [-0.3, -0.25) is 14.9 Å². The topological polar surface area (TPSA) is 115 Å². The number of fused-ring (bicyclic) bond motifs is 2. The molecule has 0 radical (unpaired) electrons. The predicted octanol–water partition coefficient (Wildman–Crippen LogP) is 7.20. The van der Waals surface area contributed by atoms with Gasteiger partial charge in [-0.1, -0.05) is 24.3 Å². The van der Waals surface area contributed by atoms with Gasteiger partial charge in [-0.25, -0.2) is 9.37 Å². The second kappa shape index (κ2) is 12.3. The Morgan fingerprint density at radius 1 is 0.870 bits per heavy atom. The number of aromatic amines is 2. The number of hydrogen-bond acceptors (Lipinski definition) is 6. The van der Waals surface area contributed by atoms with Crippen LogP contribution in [-0.2, 0) is 0 Å². The lowest BCUT2D eigenvalue weighted by Gasteiger charge is -2.13. The molecular formula is C36H31FN8O. The van der Waals surface area contributed by atoms with Gasteiger partial charge in [0.15, 0.2) is 0 Å². The van der Waals surface area contributed by atoms with E-state index in [1.165, 1.54) is 6.07 Å². The third kappa shape index (κ3) is 5.93. The van der Waals surface area contributed by atoms with E-state index in [0.717, 1.165) is 62.2 Å². The lowest BCUT2D eigenvalue weighted by atomic mass is 10.0. The van der Waals surface area contributed by atoms with E-state index in [1.54, 1.807) is 36.8 Å². The standard InChI is InChI=1S/C36H31FN8O/c1-45(2)13-12-39-27-15-24(14-26(37)18-27)29-10-11-40-35-30(29)19-33(42-35)34-31-17-23(8-9-32(31)43-44-34)25-16-28(21-38-20-25)41-36(46)22-6-4-3-5-7-22/h3-11,14-21,39H,12-13H2,1-2H3,(H,40,42)(H,41,46)(H,43,44). The predicted molar refractivity (Wildman–Crippen MR) is 181 cm³/mol. The van der Waals surface area contributed by atoms with E-state index < -0.39 is 0 Å². The van der Waals surface area contributed by atoms with Crippen molar-refractivity contribution in [1.82, 2.24) is 30.0 Å². The number of rotatable bonds is 9. The summed E-state index contributed by atoms with van der Waals surface area (Å²) in [5, 5.41) is 15.8. The van der Waals surface area contributed by atoms with Crippen molar-refractivity contribution in [2.45, 2.75) is 0 Å². The SMILES string of the molecule is CN(C)CCNc1cc(F)cc(-c2ccnc3[nH]c(-c4n[nH]c5ccc(-c6cncc(NC(=O)c7ccccc7)c6)cc45)cc23)c1. The summed E-state index contributed by atoms with van der Waals surface area (Å²) in [5.74, 6) is -0.511. The van der Waals surface area contributed by atoms with Crippen molar-refractivity contribution in [2.75, 3.05) is 37.8 Å². The molecule has 3 aromatic carbocycles. The van der Waals surface area contributed by atoms with Crippen LogP contribution < -0.4 is 10.6 Å². The maximum Gasteiger partial charge on any atom is 0.255 e. The number of aromatic nitrogens is 5. The van der Waals surface area contributed by atoms with E-state index in [2.05, 4.69) is 40.7 Å². The number of pyridine rings is 2. The lowest BCUT2D eigenvalue weighted by Crippen LogP contribution is -2.20. The Morgan fingerprint density at radius 3 is 2.57 bits per heavy atom. The molecule has 0 unspecified atom stereocenters. The molecule has 0 spiro atoms. The number of nitrogens with zero attached hydrogens (tertiary/aromatic N) is 4. The molecule has 0 fully saturated rings. The number of nitrogens with one attached hydrogen (secondary N) is 4. The van der Waals surface area contributed by atoms with Crippen LogP contribution in [0.2, 0.25) is 0 Å². The normalized spacial score (nSPS) is 11.4. The van der Waals surface area contributed by atoms with Crippen LogP contribution >= 0.6 is 0 Å². The minimum Gasteiger partial charge on any atom is -0.384 e. The third-order valence-corrected chi connectivity index (χ3v) is 7.81. The van der Waals surface area contributed by atoms with Gasteiger partial charge in [0.05, 0.1) is 23.1 Å². The summed E-state index contributed by atoms with van der Waals surface area (Å²) in [7, 11) is 4.01. The Hall–Kier alpha value is -5.87.